The van der Waals surface area contributed by atoms with Crippen LogP contribution in [0.25, 0.3) is 0 Å². The van der Waals surface area contributed by atoms with Crippen molar-refractivity contribution >= 4 is 35.8 Å². The molecule has 0 saturated carbocycles. The fourth-order valence-electron chi connectivity index (χ4n) is 2.62. The first-order valence-electron chi connectivity index (χ1n) is 9.01. The maximum absolute atomic E-state index is 12.4. The fourth-order valence-corrected chi connectivity index (χ4v) is 2.62. The molecule has 0 fully saturated rings. The summed E-state index contributed by atoms with van der Waals surface area (Å²) in [7, 11) is 0. The zero-order valence-corrected chi connectivity index (χ0v) is 16.8. The van der Waals surface area contributed by atoms with Crippen LogP contribution in [0, 0.1) is 0 Å². The SMILES string of the molecule is CC(COC(=O)c1cc(C(=O)O)ccc1C(=O)O)OC(=O)c1cc(C(=O)O)ccc1C(=O)O. The Bertz CT molecular complexity index is 1160. The molecule has 2 rings (SSSR count). The van der Waals surface area contributed by atoms with E-state index in [2.05, 4.69) is 0 Å². The van der Waals surface area contributed by atoms with Crippen molar-refractivity contribution < 1.29 is 58.7 Å². The molecule has 1 atom stereocenters. The van der Waals surface area contributed by atoms with Crippen LogP contribution >= 0.6 is 0 Å². The molecular formula is C21H16O12. The highest BCUT2D eigenvalue weighted by Crippen LogP contribution is 2.17. The second-order valence-electron chi connectivity index (χ2n) is 6.56. The largest absolute Gasteiger partial charge is 0.478 e. The van der Waals surface area contributed by atoms with Crippen molar-refractivity contribution in [2.24, 2.45) is 0 Å². The number of ether oxygens (including phenoxy) is 2. The lowest BCUT2D eigenvalue weighted by Crippen LogP contribution is -2.24. The van der Waals surface area contributed by atoms with Crippen LogP contribution in [0.5, 0.6) is 0 Å². The predicted molar refractivity (Wildman–Crippen MR) is 106 cm³/mol. The smallest absolute Gasteiger partial charge is 0.339 e. The second-order valence-corrected chi connectivity index (χ2v) is 6.56. The van der Waals surface area contributed by atoms with E-state index >= 15 is 0 Å². The van der Waals surface area contributed by atoms with Gasteiger partial charge in [0.25, 0.3) is 0 Å². The van der Waals surface area contributed by atoms with Crippen LogP contribution in [0.1, 0.15) is 69.1 Å². The molecule has 0 heterocycles. The van der Waals surface area contributed by atoms with E-state index in [0.717, 1.165) is 36.4 Å². The minimum Gasteiger partial charge on any atom is -0.478 e. The Morgan fingerprint density at radius 1 is 0.667 bits per heavy atom. The average Bonchev–Trinajstić information content (AvgIpc) is 2.76. The first-order chi connectivity index (χ1) is 15.4. The maximum atomic E-state index is 12.4. The van der Waals surface area contributed by atoms with E-state index in [-0.39, 0.29) is 11.1 Å². The van der Waals surface area contributed by atoms with Gasteiger partial charge in [-0.25, -0.2) is 28.8 Å². The van der Waals surface area contributed by atoms with Crippen molar-refractivity contribution in [3.05, 3.63) is 69.8 Å². The lowest BCUT2D eigenvalue weighted by molar-refractivity contribution is 0.00423. The number of aromatic carboxylic acids is 4. The summed E-state index contributed by atoms with van der Waals surface area (Å²) in [6, 6.07) is 5.49. The third kappa shape index (κ3) is 5.91. The summed E-state index contributed by atoms with van der Waals surface area (Å²) in [5.74, 6) is -8.20. The van der Waals surface area contributed by atoms with Crippen LogP contribution < -0.4 is 0 Å². The van der Waals surface area contributed by atoms with Gasteiger partial charge in [0.1, 0.15) is 12.7 Å². The van der Waals surface area contributed by atoms with Gasteiger partial charge in [-0.2, -0.15) is 0 Å². The highest BCUT2D eigenvalue weighted by atomic mass is 16.6. The summed E-state index contributed by atoms with van der Waals surface area (Å²) >= 11 is 0. The lowest BCUT2D eigenvalue weighted by Gasteiger charge is -2.15. The van der Waals surface area contributed by atoms with E-state index in [1.807, 2.05) is 0 Å². The Kier molecular flexibility index (Phi) is 7.47. The molecule has 0 radical (unpaired) electrons. The quantitative estimate of drug-likeness (QED) is 0.396. The Balaban J connectivity index is 2.16. The van der Waals surface area contributed by atoms with Gasteiger partial charge in [0, 0.05) is 0 Å². The van der Waals surface area contributed by atoms with Crippen LogP contribution in [-0.2, 0) is 9.47 Å². The van der Waals surface area contributed by atoms with Crippen LogP contribution in [0.2, 0.25) is 0 Å². The van der Waals surface area contributed by atoms with Crippen molar-refractivity contribution in [1.82, 2.24) is 0 Å². The number of hydrogen-bond acceptors (Lipinski definition) is 8. The van der Waals surface area contributed by atoms with Gasteiger partial charge < -0.3 is 29.9 Å². The minimum atomic E-state index is -1.50. The number of esters is 2. The van der Waals surface area contributed by atoms with Gasteiger partial charge in [0.05, 0.1) is 33.4 Å². The minimum absolute atomic E-state index is 0.356. The molecule has 12 nitrogen and oxygen atoms in total. The Morgan fingerprint density at radius 3 is 1.48 bits per heavy atom. The van der Waals surface area contributed by atoms with E-state index < -0.39 is 70.8 Å². The number of carbonyl (C=O) groups is 6. The molecule has 172 valence electrons. The van der Waals surface area contributed by atoms with Crippen molar-refractivity contribution in [3.63, 3.8) is 0 Å². The van der Waals surface area contributed by atoms with E-state index in [0.29, 0.717) is 0 Å². The van der Waals surface area contributed by atoms with Crippen LogP contribution in [0.4, 0.5) is 0 Å². The molecule has 1 unspecified atom stereocenters. The lowest BCUT2D eigenvalue weighted by atomic mass is 10.0. The standard InChI is InChI=1S/C21H16O12/c1-9(33-21(31)15-7-11(17(24)25)3-5-13(15)19(28)29)8-32-20(30)14-6-10(16(22)23)2-4-12(14)18(26)27/h2-7,9H,8H2,1H3,(H,22,23)(H,24,25)(H,26,27)(H,28,29). The van der Waals surface area contributed by atoms with Gasteiger partial charge in [-0.1, -0.05) is 0 Å². The summed E-state index contributed by atoms with van der Waals surface area (Å²) in [5.41, 5.74) is -2.81. The highest BCUT2D eigenvalue weighted by Gasteiger charge is 2.24. The van der Waals surface area contributed by atoms with Gasteiger partial charge >= 0.3 is 35.8 Å². The first-order valence-corrected chi connectivity index (χ1v) is 9.01. The highest BCUT2D eigenvalue weighted by molar-refractivity contribution is 6.05. The summed E-state index contributed by atoms with van der Waals surface area (Å²) in [6.45, 7) is 0.681. The number of carbonyl (C=O) groups excluding carboxylic acids is 2. The van der Waals surface area contributed by atoms with Gasteiger partial charge in [-0.05, 0) is 43.3 Å². The van der Waals surface area contributed by atoms with Crippen molar-refractivity contribution in [2.45, 2.75) is 13.0 Å². The zero-order chi connectivity index (χ0) is 24.9. The summed E-state index contributed by atoms with van der Waals surface area (Å²) in [5, 5.41) is 36.4. The summed E-state index contributed by atoms with van der Waals surface area (Å²) in [6.07, 6.45) is -1.16. The Labute approximate surface area is 184 Å². The summed E-state index contributed by atoms with van der Waals surface area (Å²) < 4.78 is 9.91. The number of carboxylic acids is 4. The molecule has 0 aliphatic rings. The van der Waals surface area contributed by atoms with E-state index in [9.17, 15) is 39.0 Å². The zero-order valence-electron chi connectivity index (χ0n) is 16.8. The third-order valence-corrected chi connectivity index (χ3v) is 4.19. The van der Waals surface area contributed by atoms with Gasteiger partial charge in [0.15, 0.2) is 0 Å². The fraction of sp³-hybridized carbons (Fsp3) is 0.143. The van der Waals surface area contributed by atoms with Gasteiger partial charge in [-0.15, -0.1) is 0 Å². The molecule has 2 aromatic rings. The second kappa shape index (κ2) is 10.0. The predicted octanol–water partition coefficient (Wildman–Crippen LogP) is 1.88. The number of carboxylic acid groups (broad SMARTS) is 4. The van der Waals surface area contributed by atoms with E-state index in [4.69, 9.17) is 19.7 Å². The van der Waals surface area contributed by atoms with Crippen LogP contribution in [0.3, 0.4) is 0 Å². The average molecular weight is 460 g/mol. The molecule has 12 heteroatoms. The number of hydrogen-bond donors (Lipinski definition) is 4. The third-order valence-electron chi connectivity index (χ3n) is 4.19. The van der Waals surface area contributed by atoms with Gasteiger partial charge in [0.2, 0.25) is 0 Å². The Morgan fingerprint density at radius 2 is 1.09 bits per heavy atom. The van der Waals surface area contributed by atoms with Crippen molar-refractivity contribution in [3.8, 4) is 0 Å². The monoisotopic (exact) mass is 460 g/mol. The Hall–Kier alpha value is -4.74. The maximum Gasteiger partial charge on any atom is 0.339 e. The molecule has 0 aromatic heterocycles. The molecule has 0 spiro atoms. The number of rotatable bonds is 9. The van der Waals surface area contributed by atoms with Crippen LogP contribution in [0.15, 0.2) is 36.4 Å². The molecule has 33 heavy (non-hydrogen) atoms. The first kappa shape index (κ1) is 24.5. The molecule has 2 aromatic carbocycles. The molecule has 0 amide bonds. The number of benzene rings is 2. The van der Waals surface area contributed by atoms with Crippen molar-refractivity contribution in [2.75, 3.05) is 6.61 Å². The molecule has 0 aliphatic carbocycles. The van der Waals surface area contributed by atoms with E-state index in [1.165, 1.54) is 6.92 Å². The molecule has 0 saturated heterocycles. The molecule has 0 bridgehead atoms. The normalized spacial score (nSPS) is 11.2. The van der Waals surface area contributed by atoms with E-state index in [1.54, 1.807) is 0 Å². The summed E-state index contributed by atoms with van der Waals surface area (Å²) in [4.78, 5) is 69.5. The molecule has 0 aliphatic heterocycles. The van der Waals surface area contributed by atoms with Gasteiger partial charge in [-0.3, -0.25) is 0 Å². The topological polar surface area (TPSA) is 202 Å². The van der Waals surface area contributed by atoms with Crippen molar-refractivity contribution in [1.29, 1.82) is 0 Å². The molecular weight excluding hydrogens is 444 g/mol. The van der Waals surface area contributed by atoms with Crippen LogP contribution in [-0.4, -0.2) is 69.0 Å². The molecule has 4 N–H and O–H groups in total.